The minimum absolute atomic E-state index is 0.103. The van der Waals surface area contributed by atoms with Gasteiger partial charge in [0.25, 0.3) is 0 Å². The molecule has 4 nitrogen and oxygen atoms in total. The van der Waals surface area contributed by atoms with Crippen molar-refractivity contribution in [3.63, 3.8) is 0 Å². The first-order valence-electron chi connectivity index (χ1n) is 4.47. The van der Waals surface area contributed by atoms with Crippen molar-refractivity contribution in [2.75, 3.05) is 6.54 Å². The van der Waals surface area contributed by atoms with Crippen LogP contribution in [0.2, 0.25) is 0 Å². The van der Waals surface area contributed by atoms with Gasteiger partial charge in [-0.1, -0.05) is 0 Å². The summed E-state index contributed by atoms with van der Waals surface area (Å²) in [7, 11) is 0. The van der Waals surface area contributed by atoms with E-state index in [9.17, 15) is 5.11 Å². The minimum atomic E-state index is -0.734. The summed E-state index contributed by atoms with van der Waals surface area (Å²) >= 11 is 0. The summed E-state index contributed by atoms with van der Waals surface area (Å²) in [6.45, 7) is 0.796. The molecule has 0 amide bonds. The smallest absolute Gasteiger partial charge is 0.108 e. The topological polar surface area (TPSA) is 70.6 Å². The van der Waals surface area contributed by atoms with Crippen LogP contribution in [0.1, 0.15) is 12.8 Å². The normalized spacial score (nSPS) is 42.7. The van der Waals surface area contributed by atoms with Gasteiger partial charge in [-0.05, 0) is 19.1 Å². The molecule has 0 aromatic carbocycles. The number of aliphatic hydroxyl groups excluding tert-OH is 1. The zero-order valence-electron chi connectivity index (χ0n) is 6.98. The molecule has 0 spiro atoms. The molecule has 4 unspecified atom stereocenters. The number of nitrogens with two attached hydrogens (primary N) is 1. The Morgan fingerprint density at radius 2 is 2.50 bits per heavy atom. The first-order valence-corrected chi connectivity index (χ1v) is 4.47. The number of rotatable bonds is 1. The standard InChI is InChI=1S/C8H15N3O/c9-8(12)5-4-11-6-2-1-3-10-7(5)6/h3,5-8,11-12H,1-2,4,9H2. The van der Waals surface area contributed by atoms with Crippen LogP contribution in [0.4, 0.5) is 0 Å². The summed E-state index contributed by atoms with van der Waals surface area (Å²) in [5, 5.41) is 12.6. The van der Waals surface area contributed by atoms with E-state index in [-0.39, 0.29) is 12.0 Å². The lowest BCUT2D eigenvalue weighted by Gasteiger charge is -2.24. The summed E-state index contributed by atoms with van der Waals surface area (Å²) in [4.78, 5) is 4.37. The molecule has 4 atom stereocenters. The highest BCUT2D eigenvalue weighted by molar-refractivity contribution is 5.59. The molecule has 0 bridgehead atoms. The molecule has 4 N–H and O–H groups in total. The van der Waals surface area contributed by atoms with Gasteiger partial charge in [0.15, 0.2) is 0 Å². The van der Waals surface area contributed by atoms with E-state index < -0.39 is 6.23 Å². The van der Waals surface area contributed by atoms with Crippen molar-refractivity contribution in [3.8, 4) is 0 Å². The Hall–Kier alpha value is -0.450. The molecule has 2 heterocycles. The highest BCUT2D eigenvalue weighted by Crippen LogP contribution is 2.25. The van der Waals surface area contributed by atoms with E-state index in [0.717, 1.165) is 19.4 Å². The number of hydrogen-bond acceptors (Lipinski definition) is 4. The molecule has 1 saturated heterocycles. The first-order chi connectivity index (χ1) is 5.79. The van der Waals surface area contributed by atoms with Crippen LogP contribution in [0.3, 0.4) is 0 Å². The van der Waals surface area contributed by atoms with E-state index >= 15 is 0 Å². The molecule has 0 radical (unpaired) electrons. The highest BCUT2D eigenvalue weighted by Gasteiger charge is 2.38. The summed E-state index contributed by atoms with van der Waals surface area (Å²) in [5.74, 6) is 0.103. The molecule has 2 aliphatic rings. The first kappa shape index (κ1) is 8.16. The zero-order valence-corrected chi connectivity index (χ0v) is 6.98. The van der Waals surface area contributed by atoms with Gasteiger partial charge in [0.05, 0.1) is 6.04 Å². The molecule has 0 aliphatic carbocycles. The molecule has 1 fully saturated rings. The van der Waals surface area contributed by atoms with Crippen molar-refractivity contribution in [3.05, 3.63) is 0 Å². The average molecular weight is 169 g/mol. The molecule has 0 saturated carbocycles. The Bertz CT molecular complexity index is 193. The largest absolute Gasteiger partial charge is 0.378 e. The Kier molecular flexibility index (Phi) is 2.12. The van der Waals surface area contributed by atoms with Gasteiger partial charge >= 0.3 is 0 Å². The number of fused-ring (bicyclic) bond motifs is 1. The molecule has 2 rings (SSSR count). The van der Waals surface area contributed by atoms with Crippen LogP contribution in [0.25, 0.3) is 0 Å². The van der Waals surface area contributed by atoms with Gasteiger partial charge in [0.1, 0.15) is 6.23 Å². The summed E-state index contributed by atoms with van der Waals surface area (Å²) in [5.41, 5.74) is 5.45. The maximum atomic E-state index is 9.25. The number of aliphatic hydroxyl groups is 1. The molecule has 68 valence electrons. The van der Waals surface area contributed by atoms with Gasteiger partial charge in [0.2, 0.25) is 0 Å². The van der Waals surface area contributed by atoms with E-state index in [4.69, 9.17) is 5.73 Å². The van der Waals surface area contributed by atoms with Crippen LogP contribution < -0.4 is 11.1 Å². The second-order valence-electron chi connectivity index (χ2n) is 3.57. The van der Waals surface area contributed by atoms with Gasteiger partial charge in [-0.15, -0.1) is 0 Å². The lowest BCUT2D eigenvalue weighted by molar-refractivity contribution is 0.113. The molecule has 2 aliphatic heterocycles. The molecule has 12 heavy (non-hydrogen) atoms. The second-order valence-corrected chi connectivity index (χ2v) is 3.57. The van der Waals surface area contributed by atoms with E-state index in [2.05, 4.69) is 10.3 Å². The molecule has 0 aromatic heterocycles. The Balaban J connectivity index is 2.10. The van der Waals surface area contributed by atoms with E-state index in [1.807, 2.05) is 6.21 Å². The van der Waals surface area contributed by atoms with Crippen molar-refractivity contribution >= 4 is 6.21 Å². The highest BCUT2D eigenvalue weighted by atomic mass is 16.3. The number of nitrogens with one attached hydrogen (secondary N) is 1. The Morgan fingerprint density at radius 3 is 3.25 bits per heavy atom. The number of nitrogens with zero attached hydrogens (tertiary/aromatic N) is 1. The monoisotopic (exact) mass is 169 g/mol. The van der Waals surface area contributed by atoms with Crippen LogP contribution in [0.15, 0.2) is 4.99 Å². The predicted octanol–water partition coefficient (Wildman–Crippen LogP) is -0.915. The summed E-state index contributed by atoms with van der Waals surface area (Å²) in [6.07, 6.45) is 3.38. The predicted molar refractivity (Wildman–Crippen MR) is 47.0 cm³/mol. The fraction of sp³-hybridized carbons (Fsp3) is 0.875. The average Bonchev–Trinajstić information content (AvgIpc) is 2.47. The third kappa shape index (κ3) is 1.26. The third-order valence-corrected chi connectivity index (χ3v) is 2.79. The van der Waals surface area contributed by atoms with Crippen molar-refractivity contribution in [2.24, 2.45) is 16.6 Å². The minimum Gasteiger partial charge on any atom is -0.378 e. The molecular formula is C8H15N3O. The SMILES string of the molecule is NC(O)C1CNC2CCC=NC21. The van der Waals surface area contributed by atoms with E-state index in [1.54, 1.807) is 0 Å². The van der Waals surface area contributed by atoms with Crippen LogP contribution in [0.5, 0.6) is 0 Å². The summed E-state index contributed by atoms with van der Waals surface area (Å²) in [6, 6.07) is 0.650. The maximum absolute atomic E-state index is 9.25. The molecule has 4 heteroatoms. The zero-order chi connectivity index (χ0) is 8.55. The fourth-order valence-electron chi connectivity index (χ4n) is 2.09. The van der Waals surface area contributed by atoms with Crippen LogP contribution in [0, 0.1) is 5.92 Å². The number of aliphatic imine (C=N–C) groups is 1. The Morgan fingerprint density at radius 1 is 1.67 bits per heavy atom. The van der Waals surface area contributed by atoms with E-state index in [0.29, 0.717) is 6.04 Å². The van der Waals surface area contributed by atoms with Crippen LogP contribution in [-0.4, -0.2) is 36.2 Å². The van der Waals surface area contributed by atoms with Crippen molar-refractivity contribution in [2.45, 2.75) is 31.2 Å². The van der Waals surface area contributed by atoms with Crippen LogP contribution >= 0.6 is 0 Å². The molecular weight excluding hydrogens is 154 g/mol. The molecule has 0 aromatic rings. The van der Waals surface area contributed by atoms with Crippen molar-refractivity contribution < 1.29 is 5.11 Å². The van der Waals surface area contributed by atoms with Crippen molar-refractivity contribution in [1.29, 1.82) is 0 Å². The van der Waals surface area contributed by atoms with E-state index in [1.165, 1.54) is 0 Å². The lowest BCUT2D eigenvalue weighted by atomic mass is 9.93. The maximum Gasteiger partial charge on any atom is 0.108 e. The van der Waals surface area contributed by atoms with Gasteiger partial charge in [0, 0.05) is 18.5 Å². The Labute approximate surface area is 71.9 Å². The number of hydrogen-bond donors (Lipinski definition) is 3. The van der Waals surface area contributed by atoms with Crippen LogP contribution in [-0.2, 0) is 0 Å². The van der Waals surface area contributed by atoms with Crippen molar-refractivity contribution in [1.82, 2.24) is 5.32 Å². The van der Waals surface area contributed by atoms with Gasteiger partial charge in [-0.2, -0.15) is 0 Å². The van der Waals surface area contributed by atoms with Gasteiger partial charge < -0.3 is 16.2 Å². The van der Waals surface area contributed by atoms with Gasteiger partial charge in [-0.3, -0.25) is 4.99 Å². The van der Waals surface area contributed by atoms with Gasteiger partial charge in [-0.25, -0.2) is 0 Å². The lowest BCUT2D eigenvalue weighted by Crippen LogP contribution is -2.39. The summed E-state index contributed by atoms with van der Waals surface area (Å²) < 4.78 is 0. The fourth-order valence-corrected chi connectivity index (χ4v) is 2.09. The third-order valence-electron chi connectivity index (χ3n) is 2.79. The quantitative estimate of drug-likeness (QED) is 0.445. The second kappa shape index (κ2) is 3.12.